The number of methoxy groups -OCH3 is 1. The second-order valence-electron chi connectivity index (χ2n) is 6.67. The number of furan rings is 1. The van der Waals surface area contributed by atoms with Crippen LogP contribution in [0, 0.1) is 6.92 Å². The predicted octanol–water partition coefficient (Wildman–Crippen LogP) is 4.40. The van der Waals surface area contributed by atoms with Crippen molar-refractivity contribution in [2.24, 2.45) is 0 Å². The fourth-order valence-electron chi connectivity index (χ4n) is 3.12. The van der Waals surface area contributed by atoms with Crippen LogP contribution in [0.1, 0.15) is 27.6 Å². The average Bonchev–Trinajstić information content (AvgIpc) is 3.45. The maximum Gasteiger partial charge on any atom is 0.373 e. The Balaban J connectivity index is 1.56. The van der Waals surface area contributed by atoms with Gasteiger partial charge in [0.1, 0.15) is 5.76 Å². The lowest BCUT2D eigenvalue weighted by Crippen LogP contribution is -2.27. The van der Waals surface area contributed by atoms with Crippen LogP contribution in [-0.2, 0) is 16.1 Å². The van der Waals surface area contributed by atoms with Crippen LogP contribution in [0.4, 0.5) is 4.79 Å². The van der Waals surface area contributed by atoms with Crippen LogP contribution in [0.3, 0.4) is 0 Å². The summed E-state index contributed by atoms with van der Waals surface area (Å²) in [6, 6.07) is 14.8. The monoisotopic (exact) mass is 422 g/mol. The maximum absolute atomic E-state index is 12.8. The maximum atomic E-state index is 12.8. The molecule has 2 amide bonds. The summed E-state index contributed by atoms with van der Waals surface area (Å²) in [5.74, 6) is -0.682. The Kier molecular flexibility index (Phi) is 5.33. The molecule has 0 spiro atoms. The Morgan fingerprint density at radius 1 is 1.17 bits per heavy atom. The van der Waals surface area contributed by atoms with Crippen LogP contribution in [0.5, 0.6) is 0 Å². The predicted molar refractivity (Wildman–Crippen MR) is 112 cm³/mol. The Labute approximate surface area is 176 Å². The third-order valence-electron chi connectivity index (χ3n) is 4.57. The number of carbonyl (C=O) groups excluding carboxylic acids is 3. The van der Waals surface area contributed by atoms with Crippen molar-refractivity contribution in [2.75, 3.05) is 7.11 Å². The van der Waals surface area contributed by atoms with E-state index in [4.69, 9.17) is 4.42 Å². The lowest BCUT2D eigenvalue weighted by Gasteiger charge is -2.10. The molecule has 1 fully saturated rings. The number of rotatable bonds is 5. The number of esters is 1. The summed E-state index contributed by atoms with van der Waals surface area (Å²) in [5, 5.41) is -0.393. The first-order valence-corrected chi connectivity index (χ1v) is 9.94. The van der Waals surface area contributed by atoms with E-state index in [-0.39, 0.29) is 12.3 Å². The van der Waals surface area contributed by atoms with Gasteiger partial charge in [-0.1, -0.05) is 12.1 Å². The normalized spacial score (nSPS) is 15.3. The Morgan fingerprint density at radius 3 is 2.77 bits per heavy atom. The van der Waals surface area contributed by atoms with Crippen LogP contribution in [0.25, 0.3) is 11.8 Å². The largest absolute Gasteiger partial charge is 0.463 e. The van der Waals surface area contributed by atoms with Gasteiger partial charge in [-0.05, 0) is 66.7 Å². The molecule has 1 aromatic carbocycles. The molecule has 0 N–H and O–H groups in total. The lowest BCUT2D eigenvalue weighted by atomic mass is 10.2. The Hall–Kier alpha value is -3.52. The van der Waals surface area contributed by atoms with E-state index in [9.17, 15) is 14.4 Å². The lowest BCUT2D eigenvalue weighted by molar-refractivity contribution is -0.123. The fourth-order valence-corrected chi connectivity index (χ4v) is 3.95. The van der Waals surface area contributed by atoms with E-state index < -0.39 is 17.1 Å². The van der Waals surface area contributed by atoms with E-state index in [2.05, 4.69) is 4.74 Å². The van der Waals surface area contributed by atoms with Gasteiger partial charge in [-0.25, -0.2) is 4.79 Å². The van der Waals surface area contributed by atoms with Crippen molar-refractivity contribution in [2.45, 2.75) is 13.5 Å². The first kappa shape index (κ1) is 19.8. The molecule has 8 heteroatoms. The van der Waals surface area contributed by atoms with Crippen molar-refractivity contribution < 1.29 is 23.5 Å². The standard InChI is InChI=1S/C22H18N2O5S/c1-14-5-3-6-15(11-14)23-10-4-7-16(23)12-19-20(25)24(22(27)30-19)13-17-8-9-18(29-17)21(26)28-2/h3-12H,13H2,1-2H3. The van der Waals surface area contributed by atoms with Gasteiger partial charge in [0.05, 0.1) is 18.6 Å². The third-order valence-corrected chi connectivity index (χ3v) is 5.48. The number of carbonyl (C=O) groups is 3. The topological polar surface area (TPSA) is 81.8 Å². The molecule has 1 aliphatic rings. The van der Waals surface area contributed by atoms with Gasteiger partial charge in [0.25, 0.3) is 11.1 Å². The van der Waals surface area contributed by atoms with E-state index in [0.717, 1.165) is 33.6 Å². The highest BCUT2D eigenvalue weighted by molar-refractivity contribution is 8.18. The van der Waals surface area contributed by atoms with Gasteiger partial charge in [0.15, 0.2) is 0 Å². The zero-order valence-corrected chi connectivity index (χ0v) is 17.1. The van der Waals surface area contributed by atoms with Gasteiger partial charge in [0.2, 0.25) is 5.76 Å². The zero-order valence-electron chi connectivity index (χ0n) is 16.3. The molecule has 152 valence electrons. The smallest absolute Gasteiger partial charge is 0.373 e. The van der Waals surface area contributed by atoms with Crippen molar-refractivity contribution in [3.8, 4) is 5.69 Å². The summed E-state index contributed by atoms with van der Waals surface area (Å²) in [5.41, 5.74) is 2.88. The van der Waals surface area contributed by atoms with Gasteiger partial charge < -0.3 is 13.7 Å². The molecule has 3 heterocycles. The second kappa shape index (κ2) is 8.08. The molecule has 0 aliphatic carbocycles. The number of hydrogen-bond acceptors (Lipinski definition) is 6. The SMILES string of the molecule is COC(=O)c1ccc(CN2C(=O)SC(=Cc3cccn3-c3cccc(C)c3)C2=O)o1. The van der Waals surface area contributed by atoms with E-state index in [1.165, 1.54) is 13.2 Å². The molecule has 30 heavy (non-hydrogen) atoms. The minimum absolute atomic E-state index is 0.0194. The number of nitrogens with zero attached hydrogens (tertiary/aromatic N) is 2. The van der Waals surface area contributed by atoms with Crippen LogP contribution >= 0.6 is 11.8 Å². The van der Waals surface area contributed by atoms with E-state index in [0.29, 0.717) is 10.7 Å². The average molecular weight is 422 g/mol. The molecule has 0 bridgehead atoms. The molecule has 1 aliphatic heterocycles. The molecular formula is C22H18N2O5S. The number of thioether (sulfide) groups is 1. The number of amides is 2. The molecule has 7 nitrogen and oxygen atoms in total. The van der Waals surface area contributed by atoms with E-state index >= 15 is 0 Å². The number of aromatic nitrogens is 1. The summed E-state index contributed by atoms with van der Waals surface area (Å²) in [4.78, 5) is 38.2. The molecule has 4 rings (SSSR count). The molecule has 3 aromatic rings. The van der Waals surface area contributed by atoms with Gasteiger partial charge >= 0.3 is 5.97 Å². The minimum atomic E-state index is -0.618. The molecular weight excluding hydrogens is 404 g/mol. The van der Waals surface area contributed by atoms with Gasteiger partial charge in [0, 0.05) is 17.6 Å². The van der Waals surface area contributed by atoms with Gasteiger partial charge in [-0.3, -0.25) is 14.5 Å². The quantitative estimate of drug-likeness (QED) is 0.448. The van der Waals surface area contributed by atoms with Crippen molar-refractivity contribution >= 4 is 35.0 Å². The summed E-state index contributed by atoms with van der Waals surface area (Å²) in [6.45, 7) is 1.95. The zero-order chi connectivity index (χ0) is 21.3. The van der Waals surface area contributed by atoms with Crippen LogP contribution in [0.15, 0.2) is 64.1 Å². The van der Waals surface area contributed by atoms with E-state index in [1.54, 1.807) is 12.1 Å². The highest BCUT2D eigenvalue weighted by atomic mass is 32.2. The number of ether oxygens (including phenoxy) is 1. The van der Waals surface area contributed by atoms with Crippen molar-refractivity contribution in [1.29, 1.82) is 0 Å². The molecule has 2 aromatic heterocycles. The first-order valence-electron chi connectivity index (χ1n) is 9.13. The van der Waals surface area contributed by atoms with Gasteiger partial charge in [-0.2, -0.15) is 0 Å². The summed E-state index contributed by atoms with van der Waals surface area (Å²) >= 11 is 0.876. The Morgan fingerprint density at radius 2 is 2.00 bits per heavy atom. The van der Waals surface area contributed by atoms with Gasteiger partial charge in [-0.15, -0.1) is 0 Å². The van der Waals surface area contributed by atoms with Crippen molar-refractivity contribution in [3.05, 3.63) is 82.4 Å². The molecule has 0 unspecified atom stereocenters. The summed E-state index contributed by atoms with van der Waals surface area (Å²) < 4.78 is 11.9. The number of hydrogen-bond donors (Lipinski definition) is 0. The molecule has 0 radical (unpaired) electrons. The minimum Gasteiger partial charge on any atom is -0.463 e. The Bertz CT molecular complexity index is 1170. The molecule has 0 atom stereocenters. The van der Waals surface area contributed by atoms with E-state index in [1.807, 2.05) is 54.1 Å². The van der Waals surface area contributed by atoms with Crippen LogP contribution in [0.2, 0.25) is 0 Å². The highest BCUT2D eigenvalue weighted by Gasteiger charge is 2.36. The van der Waals surface area contributed by atoms with Crippen LogP contribution < -0.4 is 0 Å². The number of imide groups is 1. The molecule has 0 saturated carbocycles. The highest BCUT2D eigenvalue weighted by Crippen LogP contribution is 2.34. The summed E-state index contributed by atoms with van der Waals surface area (Å²) in [7, 11) is 1.25. The van der Waals surface area contributed by atoms with Crippen molar-refractivity contribution in [1.82, 2.24) is 9.47 Å². The summed E-state index contributed by atoms with van der Waals surface area (Å²) in [6.07, 6.45) is 3.61. The third kappa shape index (κ3) is 3.81. The second-order valence-corrected chi connectivity index (χ2v) is 7.66. The first-order chi connectivity index (χ1) is 14.5. The molecule has 1 saturated heterocycles. The fraction of sp³-hybridized carbons (Fsp3) is 0.136. The number of benzene rings is 1. The number of aryl methyl sites for hydroxylation is 1. The van der Waals surface area contributed by atoms with Crippen LogP contribution in [-0.4, -0.2) is 33.7 Å². The van der Waals surface area contributed by atoms with Crippen molar-refractivity contribution in [3.63, 3.8) is 0 Å².